The fraction of sp³-hybridized carbons (Fsp3) is 0.143. The van der Waals surface area contributed by atoms with Crippen molar-refractivity contribution in [2.24, 2.45) is 0 Å². The van der Waals surface area contributed by atoms with Crippen LogP contribution in [0.3, 0.4) is 0 Å². The predicted molar refractivity (Wildman–Crippen MR) is 71.4 cm³/mol. The molecular weight excluding hydrogens is 212 g/mol. The number of aromatic nitrogens is 1. The smallest absolute Gasteiger partial charge is 0.144 e. The van der Waals surface area contributed by atoms with Crippen molar-refractivity contribution >= 4 is 27.5 Å². The molecule has 0 aliphatic heterocycles. The zero-order chi connectivity index (χ0) is 11.8. The van der Waals surface area contributed by atoms with E-state index in [1.54, 1.807) is 0 Å². The van der Waals surface area contributed by atoms with Gasteiger partial charge in [-0.15, -0.1) is 0 Å². The number of nitrogens with two attached hydrogens (primary N) is 1. The molecular formula is C14H14N2O. The van der Waals surface area contributed by atoms with Gasteiger partial charge in [0.15, 0.2) is 0 Å². The van der Waals surface area contributed by atoms with Crippen LogP contribution in [0, 0.1) is 0 Å². The molecule has 3 rings (SSSR count). The SMILES string of the molecule is CCOc1cc2[nH]c3ccccc3c2cc1N. The molecule has 86 valence electrons. The lowest BCUT2D eigenvalue weighted by atomic mass is 10.1. The maximum Gasteiger partial charge on any atom is 0.144 e. The lowest BCUT2D eigenvalue weighted by molar-refractivity contribution is 0.342. The van der Waals surface area contributed by atoms with Crippen molar-refractivity contribution in [2.45, 2.75) is 6.92 Å². The number of fused-ring (bicyclic) bond motifs is 3. The van der Waals surface area contributed by atoms with Crippen molar-refractivity contribution in [1.82, 2.24) is 4.98 Å². The normalized spacial score (nSPS) is 11.1. The highest BCUT2D eigenvalue weighted by Gasteiger charge is 2.07. The van der Waals surface area contributed by atoms with Crippen LogP contribution in [0.25, 0.3) is 21.8 Å². The molecule has 0 aliphatic carbocycles. The second-order valence-electron chi connectivity index (χ2n) is 4.04. The van der Waals surface area contributed by atoms with Crippen LogP contribution in [0.15, 0.2) is 36.4 Å². The van der Waals surface area contributed by atoms with Crippen LogP contribution in [0.4, 0.5) is 5.69 Å². The van der Waals surface area contributed by atoms with E-state index in [0.717, 1.165) is 22.2 Å². The van der Waals surface area contributed by atoms with Gasteiger partial charge < -0.3 is 15.5 Å². The van der Waals surface area contributed by atoms with Gasteiger partial charge in [0, 0.05) is 22.4 Å². The Hall–Kier alpha value is -2.16. The molecule has 0 bridgehead atoms. The lowest BCUT2D eigenvalue weighted by Gasteiger charge is -2.06. The van der Waals surface area contributed by atoms with Gasteiger partial charge in [0.1, 0.15) is 5.75 Å². The van der Waals surface area contributed by atoms with Crippen LogP contribution in [0.1, 0.15) is 6.92 Å². The molecule has 3 aromatic rings. The third kappa shape index (κ3) is 1.51. The van der Waals surface area contributed by atoms with Gasteiger partial charge in [-0.1, -0.05) is 18.2 Å². The van der Waals surface area contributed by atoms with E-state index >= 15 is 0 Å². The summed E-state index contributed by atoms with van der Waals surface area (Å²) in [5, 5.41) is 2.33. The number of nitrogens with one attached hydrogen (secondary N) is 1. The van der Waals surface area contributed by atoms with Crippen molar-refractivity contribution in [3.8, 4) is 5.75 Å². The first-order chi connectivity index (χ1) is 8.29. The molecule has 0 saturated carbocycles. The number of anilines is 1. The van der Waals surface area contributed by atoms with Crippen molar-refractivity contribution in [3.05, 3.63) is 36.4 Å². The second-order valence-corrected chi connectivity index (χ2v) is 4.04. The van der Waals surface area contributed by atoms with Gasteiger partial charge >= 0.3 is 0 Å². The fourth-order valence-electron chi connectivity index (χ4n) is 2.18. The largest absolute Gasteiger partial charge is 0.492 e. The zero-order valence-corrected chi connectivity index (χ0v) is 9.66. The Labute approximate surface area is 99.2 Å². The first-order valence-corrected chi connectivity index (χ1v) is 5.72. The number of nitrogen functional groups attached to an aromatic ring is 1. The molecule has 0 spiro atoms. The minimum atomic E-state index is 0.621. The van der Waals surface area contributed by atoms with E-state index in [1.165, 1.54) is 5.39 Å². The molecule has 1 aromatic heterocycles. The van der Waals surface area contributed by atoms with Gasteiger partial charge in [-0.05, 0) is 19.1 Å². The first kappa shape index (κ1) is 10.0. The molecule has 3 N–H and O–H groups in total. The molecule has 0 aliphatic rings. The fourth-order valence-corrected chi connectivity index (χ4v) is 2.18. The molecule has 2 aromatic carbocycles. The van der Waals surface area contributed by atoms with Gasteiger partial charge in [0.05, 0.1) is 17.8 Å². The maximum absolute atomic E-state index is 5.98. The number of H-pyrrole nitrogens is 1. The molecule has 0 atom stereocenters. The molecule has 0 unspecified atom stereocenters. The van der Waals surface area contributed by atoms with E-state index in [9.17, 15) is 0 Å². The average Bonchev–Trinajstić information content (AvgIpc) is 2.68. The number of aromatic amines is 1. The molecule has 0 fully saturated rings. The molecule has 1 heterocycles. The van der Waals surface area contributed by atoms with Crippen molar-refractivity contribution in [1.29, 1.82) is 0 Å². The summed E-state index contributed by atoms with van der Waals surface area (Å²) in [4.78, 5) is 3.37. The lowest BCUT2D eigenvalue weighted by Crippen LogP contribution is -1.96. The minimum absolute atomic E-state index is 0.621. The molecule has 0 amide bonds. The highest BCUT2D eigenvalue weighted by Crippen LogP contribution is 2.32. The van der Waals surface area contributed by atoms with Crippen LogP contribution in [-0.4, -0.2) is 11.6 Å². The molecule has 3 heteroatoms. The molecule has 0 radical (unpaired) electrons. The second kappa shape index (κ2) is 3.70. The van der Waals surface area contributed by atoms with E-state index in [4.69, 9.17) is 10.5 Å². The topological polar surface area (TPSA) is 51.0 Å². The van der Waals surface area contributed by atoms with Gasteiger partial charge in [-0.25, -0.2) is 0 Å². The number of ether oxygens (including phenoxy) is 1. The van der Waals surface area contributed by atoms with E-state index in [2.05, 4.69) is 17.1 Å². The first-order valence-electron chi connectivity index (χ1n) is 5.72. The maximum atomic E-state index is 5.98. The average molecular weight is 226 g/mol. The molecule has 3 nitrogen and oxygen atoms in total. The van der Waals surface area contributed by atoms with E-state index in [0.29, 0.717) is 12.3 Å². The Balaban J connectivity index is 2.34. The monoisotopic (exact) mass is 226 g/mol. The molecule has 17 heavy (non-hydrogen) atoms. The summed E-state index contributed by atoms with van der Waals surface area (Å²) in [5.74, 6) is 0.742. The number of hydrogen-bond donors (Lipinski definition) is 2. The van der Waals surface area contributed by atoms with Gasteiger partial charge in [0.2, 0.25) is 0 Å². The van der Waals surface area contributed by atoms with E-state index < -0.39 is 0 Å². The summed E-state index contributed by atoms with van der Waals surface area (Å²) < 4.78 is 5.50. The van der Waals surface area contributed by atoms with Crippen LogP contribution in [0.5, 0.6) is 5.75 Å². The highest BCUT2D eigenvalue weighted by atomic mass is 16.5. The number of benzene rings is 2. The quantitative estimate of drug-likeness (QED) is 0.659. The van der Waals surface area contributed by atoms with Gasteiger partial charge in [-0.3, -0.25) is 0 Å². The van der Waals surface area contributed by atoms with Crippen molar-refractivity contribution in [3.63, 3.8) is 0 Å². The Morgan fingerprint density at radius 1 is 1.12 bits per heavy atom. The van der Waals surface area contributed by atoms with Crippen molar-refractivity contribution in [2.75, 3.05) is 12.3 Å². The Bertz CT molecular complexity index is 685. The van der Waals surface area contributed by atoms with E-state index in [-0.39, 0.29) is 0 Å². The van der Waals surface area contributed by atoms with Crippen LogP contribution >= 0.6 is 0 Å². The van der Waals surface area contributed by atoms with Crippen molar-refractivity contribution < 1.29 is 4.74 Å². The Kier molecular flexibility index (Phi) is 2.18. The van der Waals surface area contributed by atoms with Crippen LogP contribution in [-0.2, 0) is 0 Å². The van der Waals surface area contributed by atoms with Crippen LogP contribution in [0.2, 0.25) is 0 Å². The number of hydrogen-bond acceptors (Lipinski definition) is 2. The summed E-state index contributed by atoms with van der Waals surface area (Å²) in [6, 6.07) is 12.1. The van der Waals surface area contributed by atoms with Gasteiger partial charge in [0.25, 0.3) is 0 Å². The number of para-hydroxylation sites is 1. The summed E-state index contributed by atoms with van der Waals surface area (Å²) in [6.07, 6.45) is 0. The molecule has 0 saturated heterocycles. The summed E-state index contributed by atoms with van der Waals surface area (Å²) in [6.45, 7) is 2.57. The Morgan fingerprint density at radius 3 is 2.76 bits per heavy atom. The Morgan fingerprint density at radius 2 is 1.94 bits per heavy atom. The van der Waals surface area contributed by atoms with Gasteiger partial charge in [-0.2, -0.15) is 0 Å². The standard InChI is InChI=1S/C14H14N2O/c1-2-17-14-8-13-10(7-11(14)15)9-5-3-4-6-12(9)16-13/h3-8,16H,2,15H2,1H3. The minimum Gasteiger partial charge on any atom is -0.492 e. The third-order valence-corrected chi connectivity index (χ3v) is 2.94. The number of rotatable bonds is 2. The summed E-state index contributed by atoms with van der Waals surface area (Å²) in [5.41, 5.74) is 8.85. The zero-order valence-electron chi connectivity index (χ0n) is 9.66. The van der Waals surface area contributed by atoms with Crippen LogP contribution < -0.4 is 10.5 Å². The van der Waals surface area contributed by atoms with E-state index in [1.807, 2.05) is 31.2 Å². The predicted octanol–water partition coefficient (Wildman–Crippen LogP) is 3.30. The summed E-state index contributed by atoms with van der Waals surface area (Å²) >= 11 is 0. The third-order valence-electron chi connectivity index (χ3n) is 2.94. The highest BCUT2D eigenvalue weighted by molar-refractivity contribution is 6.08. The summed E-state index contributed by atoms with van der Waals surface area (Å²) in [7, 11) is 0.